The minimum atomic E-state index is -4.31. The number of piperazine rings is 1. The van der Waals surface area contributed by atoms with Crippen molar-refractivity contribution in [2.45, 2.75) is 6.18 Å². The molecule has 1 heterocycles. The maximum absolute atomic E-state index is 12.6. The smallest absolute Gasteiger partial charge is 0.368 e. The first-order valence-electron chi connectivity index (χ1n) is 5.57. The normalized spacial score (nSPS) is 16.6. The molecule has 0 unspecified atom stereocenters. The van der Waals surface area contributed by atoms with Gasteiger partial charge < -0.3 is 9.80 Å². The summed E-state index contributed by atoms with van der Waals surface area (Å²) in [6.45, 7) is 2.23. The second-order valence-electron chi connectivity index (χ2n) is 4.12. The predicted molar refractivity (Wildman–Crippen MR) is 60.8 cm³/mol. The van der Waals surface area contributed by atoms with Crippen LogP contribution in [0, 0.1) is 11.5 Å². The zero-order valence-corrected chi connectivity index (χ0v) is 9.61. The van der Waals surface area contributed by atoms with Crippen molar-refractivity contribution >= 4 is 5.69 Å². The molecule has 0 aromatic heterocycles. The summed E-state index contributed by atoms with van der Waals surface area (Å²) in [6.07, 6.45) is -2.28. The van der Waals surface area contributed by atoms with Crippen molar-refractivity contribution in [1.82, 2.24) is 4.90 Å². The lowest BCUT2D eigenvalue weighted by Gasteiger charge is -2.33. The van der Waals surface area contributed by atoms with Crippen LogP contribution in [-0.2, 0) is 6.18 Å². The van der Waals surface area contributed by atoms with Gasteiger partial charge >= 0.3 is 6.18 Å². The topological polar surface area (TPSA) is 30.3 Å². The van der Waals surface area contributed by atoms with Gasteiger partial charge in [-0.1, -0.05) is 6.07 Å². The van der Waals surface area contributed by atoms with Crippen molar-refractivity contribution in [2.24, 2.45) is 0 Å². The SMILES string of the molecule is N#CN1CCN(c2cccc(C(F)(F)F)c2)CC1. The van der Waals surface area contributed by atoms with Crippen LogP contribution in [0.2, 0.25) is 0 Å². The van der Waals surface area contributed by atoms with Crippen LogP contribution in [0.25, 0.3) is 0 Å². The zero-order valence-electron chi connectivity index (χ0n) is 9.61. The van der Waals surface area contributed by atoms with Gasteiger partial charge in [0.05, 0.1) is 5.56 Å². The van der Waals surface area contributed by atoms with E-state index in [9.17, 15) is 13.2 Å². The first-order chi connectivity index (χ1) is 8.50. The molecule has 0 atom stereocenters. The highest BCUT2D eigenvalue weighted by molar-refractivity contribution is 5.49. The van der Waals surface area contributed by atoms with Crippen LogP contribution in [0.4, 0.5) is 18.9 Å². The average molecular weight is 255 g/mol. The van der Waals surface area contributed by atoms with E-state index in [1.807, 2.05) is 11.1 Å². The fourth-order valence-corrected chi connectivity index (χ4v) is 1.94. The Bertz CT molecular complexity index is 456. The molecule has 1 aliphatic heterocycles. The van der Waals surface area contributed by atoms with Crippen LogP contribution >= 0.6 is 0 Å². The molecule has 0 spiro atoms. The Hall–Kier alpha value is -1.90. The summed E-state index contributed by atoms with van der Waals surface area (Å²) in [4.78, 5) is 3.47. The molecule has 1 aliphatic rings. The van der Waals surface area contributed by atoms with Crippen molar-refractivity contribution < 1.29 is 13.2 Å². The lowest BCUT2D eigenvalue weighted by Crippen LogP contribution is -2.44. The third kappa shape index (κ3) is 2.67. The Labute approximate surface area is 103 Å². The van der Waals surface area contributed by atoms with E-state index in [1.165, 1.54) is 6.07 Å². The minimum absolute atomic E-state index is 0.548. The molecule has 1 fully saturated rings. The molecule has 18 heavy (non-hydrogen) atoms. The van der Waals surface area contributed by atoms with Gasteiger partial charge in [-0.25, -0.2) is 0 Å². The fraction of sp³-hybridized carbons (Fsp3) is 0.417. The summed E-state index contributed by atoms with van der Waals surface area (Å²) in [6, 6.07) is 5.29. The summed E-state index contributed by atoms with van der Waals surface area (Å²) in [5.74, 6) is 0. The van der Waals surface area contributed by atoms with Crippen LogP contribution < -0.4 is 4.90 Å². The van der Waals surface area contributed by atoms with Crippen molar-refractivity contribution in [3.05, 3.63) is 29.8 Å². The summed E-state index contributed by atoms with van der Waals surface area (Å²) in [5.41, 5.74) is -0.0786. The second-order valence-corrected chi connectivity index (χ2v) is 4.12. The van der Waals surface area contributed by atoms with Gasteiger partial charge in [0.1, 0.15) is 0 Å². The van der Waals surface area contributed by atoms with Gasteiger partial charge in [-0.15, -0.1) is 0 Å². The van der Waals surface area contributed by atoms with Crippen LogP contribution in [-0.4, -0.2) is 31.1 Å². The van der Waals surface area contributed by atoms with Crippen LogP contribution in [0.1, 0.15) is 5.56 Å². The highest BCUT2D eigenvalue weighted by Gasteiger charge is 2.31. The zero-order chi connectivity index (χ0) is 13.2. The molecule has 2 rings (SSSR count). The van der Waals surface area contributed by atoms with E-state index in [1.54, 1.807) is 11.0 Å². The maximum Gasteiger partial charge on any atom is 0.416 e. The summed E-state index contributed by atoms with van der Waals surface area (Å²) in [5, 5.41) is 8.71. The molecule has 96 valence electrons. The molecule has 0 N–H and O–H groups in total. The number of nitriles is 1. The van der Waals surface area contributed by atoms with Gasteiger partial charge in [0.25, 0.3) is 0 Å². The van der Waals surface area contributed by atoms with Gasteiger partial charge in [-0.2, -0.15) is 18.4 Å². The first-order valence-corrected chi connectivity index (χ1v) is 5.57. The van der Waals surface area contributed by atoms with E-state index >= 15 is 0 Å². The van der Waals surface area contributed by atoms with E-state index in [2.05, 4.69) is 0 Å². The molecule has 3 nitrogen and oxygen atoms in total. The molecule has 6 heteroatoms. The number of hydrogen-bond acceptors (Lipinski definition) is 3. The molecule has 0 aliphatic carbocycles. The molecule has 0 radical (unpaired) electrons. The van der Waals surface area contributed by atoms with E-state index in [-0.39, 0.29) is 0 Å². The van der Waals surface area contributed by atoms with Crippen LogP contribution in [0.15, 0.2) is 24.3 Å². The lowest BCUT2D eigenvalue weighted by atomic mass is 10.1. The van der Waals surface area contributed by atoms with Gasteiger partial charge in [0, 0.05) is 31.9 Å². The van der Waals surface area contributed by atoms with Crippen molar-refractivity contribution in [3.63, 3.8) is 0 Å². The third-order valence-corrected chi connectivity index (χ3v) is 2.96. The highest BCUT2D eigenvalue weighted by Crippen LogP contribution is 2.31. The van der Waals surface area contributed by atoms with Crippen molar-refractivity contribution in [3.8, 4) is 6.19 Å². The van der Waals surface area contributed by atoms with Crippen molar-refractivity contribution in [2.75, 3.05) is 31.1 Å². The molecular formula is C12H12F3N3. The van der Waals surface area contributed by atoms with E-state index in [0.717, 1.165) is 12.1 Å². The largest absolute Gasteiger partial charge is 0.416 e. The average Bonchev–Trinajstić information content (AvgIpc) is 2.38. The van der Waals surface area contributed by atoms with Crippen LogP contribution in [0.5, 0.6) is 0 Å². The molecule has 0 bridgehead atoms. The van der Waals surface area contributed by atoms with E-state index in [4.69, 9.17) is 5.26 Å². The third-order valence-electron chi connectivity index (χ3n) is 2.96. The minimum Gasteiger partial charge on any atom is -0.368 e. The molecule has 0 amide bonds. The second kappa shape index (κ2) is 4.77. The number of nitrogens with zero attached hydrogens (tertiary/aromatic N) is 3. The molecule has 1 aromatic carbocycles. The molecule has 1 aromatic rings. The highest BCUT2D eigenvalue weighted by atomic mass is 19.4. The van der Waals surface area contributed by atoms with Gasteiger partial charge in [-0.05, 0) is 18.2 Å². The molecular weight excluding hydrogens is 243 g/mol. The standard InChI is InChI=1S/C12H12F3N3/c13-12(14,15)10-2-1-3-11(8-10)18-6-4-17(9-16)5-7-18/h1-3,8H,4-7H2. The van der Waals surface area contributed by atoms with Gasteiger partial charge in [0.15, 0.2) is 6.19 Å². The quantitative estimate of drug-likeness (QED) is 0.721. The number of halogens is 3. The molecule has 0 saturated carbocycles. The maximum atomic E-state index is 12.6. The number of anilines is 1. The number of rotatable bonds is 1. The van der Waals surface area contributed by atoms with Gasteiger partial charge in [0.2, 0.25) is 0 Å². The van der Waals surface area contributed by atoms with Crippen molar-refractivity contribution in [1.29, 1.82) is 5.26 Å². The monoisotopic (exact) mass is 255 g/mol. The lowest BCUT2D eigenvalue weighted by molar-refractivity contribution is -0.137. The summed E-state index contributed by atoms with van der Waals surface area (Å²) >= 11 is 0. The Balaban J connectivity index is 2.13. The Kier molecular flexibility index (Phi) is 3.32. The van der Waals surface area contributed by atoms with Gasteiger partial charge in [-0.3, -0.25) is 0 Å². The summed E-state index contributed by atoms with van der Waals surface area (Å²) < 4.78 is 37.7. The predicted octanol–water partition coefficient (Wildman–Crippen LogP) is 2.31. The van der Waals surface area contributed by atoms with Crippen LogP contribution in [0.3, 0.4) is 0 Å². The summed E-state index contributed by atoms with van der Waals surface area (Å²) in [7, 11) is 0. The number of hydrogen-bond donors (Lipinski definition) is 0. The van der Waals surface area contributed by atoms with E-state index in [0.29, 0.717) is 31.9 Å². The Morgan fingerprint density at radius 2 is 1.78 bits per heavy atom. The number of benzene rings is 1. The van der Waals surface area contributed by atoms with E-state index < -0.39 is 11.7 Å². The Morgan fingerprint density at radius 1 is 1.11 bits per heavy atom. The number of alkyl halides is 3. The fourth-order valence-electron chi connectivity index (χ4n) is 1.94. The molecule has 1 saturated heterocycles. The Morgan fingerprint density at radius 3 is 2.33 bits per heavy atom. The first kappa shape index (κ1) is 12.6.